The van der Waals surface area contributed by atoms with Gasteiger partial charge in [-0.25, -0.2) is 4.99 Å². The number of hydrogen-bond acceptors (Lipinski definition) is 4. The third-order valence-corrected chi connectivity index (χ3v) is 7.93. The number of benzene rings is 2. The number of rotatable bonds is 2. The summed E-state index contributed by atoms with van der Waals surface area (Å²) in [5, 5.41) is 9.33. The topological polar surface area (TPSA) is 82.5 Å². The fourth-order valence-electron chi connectivity index (χ4n) is 6.22. The number of fused-ring (bicyclic) bond motifs is 3. The third-order valence-electron chi connectivity index (χ3n) is 7.93. The molecule has 32 heavy (non-hydrogen) atoms. The van der Waals surface area contributed by atoms with Gasteiger partial charge in [-0.3, -0.25) is 9.69 Å². The summed E-state index contributed by atoms with van der Waals surface area (Å²) in [7, 11) is 0. The molecule has 1 amide bonds. The van der Waals surface area contributed by atoms with Crippen molar-refractivity contribution in [2.24, 2.45) is 22.1 Å². The molecule has 2 spiro atoms. The fourth-order valence-corrected chi connectivity index (χ4v) is 6.22. The lowest BCUT2D eigenvalue weighted by Gasteiger charge is -2.45. The Morgan fingerprint density at radius 3 is 2.53 bits per heavy atom. The number of carbonyl (C=O) groups excluding carboxylic acids is 1. The number of nitriles is 1. The van der Waals surface area contributed by atoms with Gasteiger partial charge in [-0.1, -0.05) is 44.0 Å². The summed E-state index contributed by atoms with van der Waals surface area (Å²) in [6, 6.07) is 16.2. The van der Waals surface area contributed by atoms with Crippen LogP contribution < -0.4 is 5.73 Å². The maximum absolute atomic E-state index is 14.1. The van der Waals surface area contributed by atoms with E-state index in [1.807, 2.05) is 38.1 Å². The molecule has 0 aromatic heterocycles. The molecule has 2 aromatic rings. The van der Waals surface area contributed by atoms with E-state index < -0.39 is 5.54 Å². The van der Waals surface area contributed by atoms with Crippen molar-refractivity contribution >= 4 is 11.9 Å². The minimum atomic E-state index is -0.945. The number of amides is 1. The molecule has 5 heteroatoms. The summed E-state index contributed by atoms with van der Waals surface area (Å²) < 4.78 is 0. The maximum atomic E-state index is 14.1. The molecule has 0 radical (unpaired) electrons. The highest BCUT2D eigenvalue weighted by Gasteiger charge is 2.66. The first-order chi connectivity index (χ1) is 15.3. The second-order valence-corrected chi connectivity index (χ2v) is 10.2. The van der Waals surface area contributed by atoms with Crippen molar-refractivity contribution in [3.8, 4) is 17.2 Å². The van der Waals surface area contributed by atoms with E-state index in [1.165, 1.54) is 5.56 Å². The predicted molar refractivity (Wildman–Crippen MR) is 126 cm³/mol. The Morgan fingerprint density at radius 1 is 1.16 bits per heavy atom. The Bertz CT molecular complexity index is 1170. The highest BCUT2D eigenvalue weighted by atomic mass is 16.2. The molecule has 1 unspecified atom stereocenters. The van der Waals surface area contributed by atoms with Crippen LogP contribution in [0.15, 0.2) is 47.5 Å². The molecule has 1 saturated carbocycles. The van der Waals surface area contributed by atoms with Crippen LogP contribution in [0.25, 0.3) is 11.1 Å². The Labute approximate surface area is 189 Å². The Kier molecular flexibility index (Phi) is 4.67. The number of aliphatic imine (C=N–C) groups is 1. The van der Waals surface area contributed by atoms with E-state index in [0.29, 0.717) is 17.4 Å². The summed E-state index contributed by atoms with van der Waals surface area (Å²) in [6.07, 6.45) is 5.05. The largest absolute Gasteiger partial charge is 0.369 e. The smallest absolute Gasteiger partial charge is 0.262 e. The average molecular weight is 427 g/mol. The zero-order valence-electron chi connectivity index (χ0n) is 19.1. The van der Waals surface area contributed by atoms with Crippen LogP contribution in [-0.4, -0.2) is 22.8 Å². The van der Waals surface area contributed by atoms with Gasteiger partial charge in [-0.2, -0.15) is 5.26 Å². The van der Waals surface area contributed by atoms with Crippen molar-refractivity contribution in [2.75, 3.05) is 0 Å². The molecule has 2 aliphatic carbocycles. The first-order valence-corrected chi connectivity index (χ1v) is 11.6. The van der Waals surface area contributed by atoms with Gasteiger partial charge < -0.3 is 5.73 Å². The van der Waals surface area contributed by atoms with Gasteiger partial charge in [-0.05, 0) is 79.5 Å². The van der Waals surface area contributed by atoms with Gasteiger partial charge in [0.15, 0.2) is 11.5 Å². The first-order valence-electron chi connectivity index (χ1n) is 11.6. The van der Waals surface area contributed by atoms with Crippen molar-refractivity contribution < 1.29 is 4.79 Å². The van der Waals surface area contributed by atoms with Crippen molar-refractivity contribution in [3.05, 3.63) is 59.2 Å². The Hall–Kier alpha value is -3.13. The van der Waals surface area contributed by atoms with Crippen LogP contribution in [-0.2, 0) is 16.8 Å². The zero-order valence-corrected chi connectivity index (χ0v) is 19.1. The van der Waals surface area contributed by atoms with Crippen LogP contribution in [0.1, 0.15) is 63.1 Å². The predicted octanol–water partition coefficient (Wildman–Crippen LogP) is 4.74. The van der Waals surface area contributed by atoms with E-state index in [2.05, 4.69) is 31.2 Å². The highest BCUT2D eigenvalue weighted by molar-refractivity contribution is 6.08. The van der Waals surface area contributed by atoms with E-state index in [0.717, 1.165) is 48.8 Å². The molecule has 164 valence electrons. The van der Waals surface area contributed by atoms with Crippen LogP contribution >= 0.6 is 0 Å². The molecule has 3 aliphatic rings. The number of guanidine groups is 1. The lowest BCUT2D eigenvalue weighted by molar-refractivity contribution is -0.138. The molecule has 2 N–H and O–H groups in total. The molecule has 5 nitrogen and oxygen atoms in total. The van der Waals surface area contributed by atoms with Gasteiger partial charge in [0, 0.05) is 11.5 Å². The first kappa shape index (κ1) is 20.8. The lowest BCUT2D eigenvalue weighted by atomic mass is 9.60. The van der Waals surface area contributed by atoms with Crippen LogP contribution in [0.5, 0.6) is 0 Å². The fraction of sp³-hybridized carbons (Fsp3) is 0.444. The average Bonchev–Trinajstić information content (AvgIpc) is 3.21. The summed E-state index contributed by atoms with van der Waals surface area (Å²) in [5.74, 6) is 1.04. The summed E-state index contributed by atoms with van der Waals surface area (Å²) >= 11 is 0. The van der Waals surface area contributed by atoms with E-state index in [4.69, 9.17) is 10.7 Å². The monoisotopic (exact) mass is 426 g/mol. The number of carbonyl (C=O) groups is 1. The van der Waals surface area contributed by atoms with Gasteiger partial charge >= 0.3 is 0 Å². The summed E-state index contributed by atoms with van der Waals surface area (Å²) in [4.78, 5) is 20.9. The Morgan fingerprint density at radius 2 is 1.88 bits per heavy atom. The normalized spacial score (nSPS) is 29.0. The SMILES string of the molecule is CC1CCC2(CC1)Cc1ccc(-c3cccc(C#N)c3)cc1C21N=C(N)N(C(C)C)C1=O. The third kappa shape index (κ3) is 2.75. The molecular weight excluding hydrogens is 396 g/mol. The van der Waals surface area contributed by atoms with Gasteiger partial charge in [0.05, 0.1) is 11.6 Å². The molecule has 1 atom stereocenters. The maximum Gasteiger partial charge on any atom is 0.262 e. The van der Waals surface area contributed by atoms with Crippen molar-refractivity contribution in [1.29, 1.82) is 5.26 Å². The van der Waals surface area contributed by atoms with Crippen LogP contribution in [0, 0.1) is 22.7 Å². The van der Waals surface area contributed by atoms with E-state index in [9.17, 15) is 10.1 Å². The van der Waals surface area contributed by atoms with E-state index in [1.54, 1.807) is 4.90 Å². The van der Waals surface area contributed by atoms with Gasteiger partial charge in [0.1, 0.15) is 0 Å². The van der Waals surface area contributed by atoms with E-state index >= 15 is 0 Å². The Balaban J connectivity index is 1.70. The number of hydrogen-bond donors (Lipinski definition) is 1. The van der Waals surface area contributed by atoms with Crippen LogP contribution in [0.2, 0.25) is 0 Å². The molecule has 1 aliphatic heterocycles. The summed E-state index contributed by atoms with van der Waals surface area (Å²) in [5.41, 5.74) is 10.1. The molecule has 1 fully saturated rings. The second-order valence-electron chi connectivity index (χ2n) is 10.2. The van der Waals surface area contributed by atoms with E-state index in [-0.39, 0.29) is 17.4 Å². The molecular formula is C27H30N4O. The second kappa shape index (κ2) is 7.20. The minimum Gasteiger partial charge on any atom is -0.369 e. The standard InChI is InChI=1S/C27H30N4O/c1-17(2)31-24(32)27(30-25(31)29)23-14-21(20-6-4-5-19(13-20)16-28)7-8-22(23)15-26(27)11-9-18(3)10-12-26/h4-8,13-14,17-18H,9-12,15H2,1-3H3,(H2,29,30). The van der Waals surface area contributed by atoms with Crippen molar-refractivity contribution in [1.82, 2.24) is 4.90 Å². The molecule has 0 saturated heterocycles. The number of nitrogens with two attached hydrogens (primary N) is 1. The van der Waals surface area contributed by atoms with Gasteiger partial charge in [-0.15, -0.1) is 0 Å². The summed E-state index contributed by atoms with van der Waals surface area (Å²) in [6.45, 7) is 6.29. The quantitative estimate of drug-likeness (QED) is 0.753. The highest BCUT2D eigenvalue weighted by Crippen LogP contribution is 2.62. The molecule has 0 bridgehead atoms. The van der Waals surface area contributed by atoms with Crippen LogP contribution in [0.3, 0.4) is 0 Å². The van der Waals surface area contributed by atoms with Crippen molar-refractivity contribution in [2.45, 2.75) is 64.5 Å². The van der Waals surface area contributed by atoms with Crippen molar-refractivity contribution in [3.63, 3.8) is 0 Å². The van der Waals surface area contributed by atoms with Crippen LogP contribution in [0.4, 0.5) is 0 Å². The lowest BCUT2D eigenvalue weighted by Crippen LogP contribution is -2.53. The molecule has 1 heterocycles. The molecule has 2 aromatic carbocycles. The number of nitrogens with zero attached hydrogens (tertiary/aromatic N) is 3. The zero-order chi connectivity index (χ0) is 22.7. The van der Waals surface area contributed by atoms with Gasteiger partial charge in [0.25, 0.3) is 5.91 Å². The van der Waals surface area contributed by atoms with Gasteiger partial charge in [0.2, 0.25) is 0 Å². The minimum absolute atomic E-state index is 0.0289. The molecule has 5 rings (SSSR count).